The van der Waals surface area contributed by atoms with Crippen molar-refractivity contribution in [3.05, 3.63) is 73.8 Å². The van der Waals surface area contributed by atoms with Gasteiger partial charge in [-0.3, -0.25) is 14.9 Å². The maximum Gasteiger partial charge on any atom is 0.269 e. The van der Waals surface area contributed by atoms with Crippen LogP contribution in [-0.4, -0.2) is 10.7 Å². The molecule has 0 saturated carbocycles. The number of rotatable bonds is 4. The summed E-state index contributed by atoms with van der Waals surface area (Å²) in [6.07, 6.45) is 0.134. The van der Waals surface area contributed by atoms with Crippen molar-refractivity contribution in [2.24, 2.45) is 0 Å². The molecule has 20 heavy (non-hydrogen) atoms. The molecule has 0 saturated heterocycles. The van der Waals surface area contributed by atoms with Crippen molar-refractivity contribution in [2.45, 2.75) is 6.42 Å². The number of non-ortho nitro benzene ring substituents is 1. The van der Waals surface area contributed by atoms with Crippen LogP contribution in [0, 0.1) is 10.1 Å². The first-order chi connectivity index (χ1) is 9.45. The summed E-state index contributed by atoms with van der Waals surface area (Å²) >= 11 is 11.7. The van der Waals surface area contributed by atoms with Gasteiger partial charge in [0.05, 0.1) is 4.92 Å². The maximum absolute atomic E-state index is 12.1. The highest BCUT2D eigenvalue weighted by atomic mass is 35.5. The average molecular weight is 310 g/mol. The number of benzene rings is 2. The minimum Gasteiger partial charge on any atom is -0.294 e. The highest BCUT2D eigenvalue weighted by molar-refractivity contribution is 6.35. The van der Waals surface area contributed by atoms with Crippen molar-refractivity contribution in [1.82, 2.24) is 0 Å². The molecule has 0 aliphatic heterocycles. The van der Waals surface area contributed by atoms with Crippen molar-refractivity contribution in [1.29, 1.82) is 0 Å². The Hall–Kier alpha value is -1.91. The molecular weight excluding hydrogens is 301 g/mol. The van der Waals surface area contributed by atoms with Crippen LogP contribution < -0.4 is 0 Å². The zero-order valence-electron chi connectivity index (χ0n) is 10.2. The molecule has 0 bridgehead atoms. The van der Waals surface area contributed by atoms with Crippen molar-refractivity contribution in [2.75, 3.05) is 0 Å². The molecule has 0 unspecified atom stereocenters. The SMILES string of the molecule is O=C(Cc1ccc([N+](=O)[O-])cc1)c1cc(Cl)cc(Cl)c1. The van der Waals surface area contributed by atoms with Gasteiger partial charge in [0.25, 0.3) is 5.69 Å². The molecule has 102 valence electrons. The molecule has 0 spiro atoms. The first-order valence-electron chi connectivity index (χ1n) is 5.68. The summed E-state index contributed by atoms with van der Waals surface area (Å²) in [5, 5.41) is 11.3. The summed E-state index contributed by atoms with van der Waals surface area (Å²) in [5.74, 6) is -0.150. The summed E-state index contributed by atoms with van der Waals surface area (Å²) in [6.45, 7) is 0. The average Bonchev–Trinajstić information content (AvgIpc) is 2.38. The van der Waals surface area contributed by atoms with E-state index in [0.29, 0.717) is 21.2 Å². The van der Waals surface area contributed by atoms with Crippen molar-refractivity contribution < 1.29 is 9.72 Å². The number of ketones is 1. The van der Waals surface area contributed by atoms with E-state index in [4.69, 9.17) is 23.2 Å². The molecule has 0 radical (unpaired) electrons. The zero-order chi connectivity index (χ0) is 14.7. The molecular formula is C14H9Cl2NO3. The molecule has 2 aromatic carbocycles. The van der Waals surface area contributed by atoms with E-state index in [9.17, 15) is 14.9 Å². The van der Waals surface area contributed by atoms with Gasteiger partial charge in [-0.25, -0.2) is 0 Å². The van der Waals surface area contributed by atoms with Gasteiger partial charge in [0.15, 0.2) is 5.78 Å². The fourth-order valence-electron chi connectivity index (χ4n) is 1.74. The molecule has 0 heterocycles. The molecule has 2 rings (SSSR count). The van der Waals surface area contributed by atoms with Gasteiger partial charge in [-0.1, -0.05) is 35.3 Å². The van der Waals surface area contributed by atoms with E-state index in [1.165, 1.54) is 12.1 Å². The van der Waals surface area contributed by atoms with Gasteiger partial charge in [-0.2, -0.15) is 0 Å². The Kier molecular flexibility index (Phi) is 4.37. The van der Waals surface area contributed by atoms with E-state index in [0.717, 1.165) is 0 Å². The topological polar surface area (TPSA) is 60.2 Å². The lowest BCUT2D eigenvalue weighted by atomic mass is 10.0. The number of carbonyl (C=O) groups is 1. The Balaban J connectivity index is 2.16. The van der Waals surface area contributed by atoms with E-state index in [1.54, 1.807) is 30.3 Å². The number of hydrogen-bond acceptors (Lipinski definition) is 3. The second-order valence-corrected chi connectivity index (χ2v) is 5.05. The molecule has 4 nitrogen and oxygen atoms in total. The lowest BCUT2D eigenvalue weighted by Gasteiger charge is -2.03. The molecule has 6 heteroatoms. The van der Waals surface area contributed by atoms with Gasteiger partial charge in [0.2, 0.25) is 0 Å². The molecule has 0 N–H and O–H groups in total. The first kappa shape index (κ1) is 14.5. The number of halogens is 2. The van der Waals surface area contributed by atoms with E-state index < -0.39 is 4.92 Å². The summed E-state index contributed by atoms with van der Waals surface area (Å²) in [6, 6.07) is 10.5. The van der Waals surface area contributed by atoms with Crippen LogP contribution in [0.5, 0.6) is 0 Å². The van der Waals surface area contributed by atoms with Crippen molar-refractivity contribution in [3.63, 3.8) is 0 Å². The van der Waals surface area contributed by atoms with Crippen LogP contribution in [0.25, 0.3) is 0 Å². The number of hydrogen-bond donors (Lipinski definition) is 0. The lowest BCUT2D eigenvalue weighted by molar-refractivity contribution is -0.384. The van der Waals surface area contributed by atoms with E-state index in [-0.39, 0.29) is 17.9 Å². The van der Waals surface area contributed by atoms with Gasteiger partial charge in [-0.15, -0.1) is 0 Å². The normalized spacial score (nSPS) is 10.3. The zero-order valence-corrected chi connectivity index (χ0v) is 11.7. The van der Waals surface area contributed by atoms with Crippen LogP contribution in [0.2, 0.25) is 10.0 Å². The Bertz CT molecular complexity index is 648. The number of nitrogens with zero attached hydrogens (tertiary/aromatic N) is 1. The van der Waals surface area contributed by atoms with Crippen LogP contribution in [-0.2, 0) is 6.42 Å². The third kappa shape index (κ3) is 3.56. The van der Waals surface area contributed by atoms with Gasteiger partial charge >= 0.3 is 0 Å². The summed E-state index contributed by atoms with van der Waals surface area (Å²) < 4.78 is 0. The summed E-state index contributed by atoms with van der Waals surface area (Å²) in [5.41, 5.74) is 1.10. The Morgan fingerprint density at radius 2 is 1.60 bits per heavy atom. The van der Waals surface area contributed by atoms with E-state index in [2.05, 4.69) is 0 Å². The standard InChI is InChI=1S/C14H9Cl2NO3/c15-11-6-10(7-12(16)8-11)14(18)5-9-1-3-13(4-2-9)17(19)20/h1-4,6-8H,5H2. The second kappa shape index (κ2) is 6.03. The van der Waals surface area contributed by atoms with Crippen LogP contribution in [0.3, 0.4) is 0 Å². The fraction of sp³-hybridized carbons (Fsp3) is 0.0714. The van der Waals surface area contributed by atoms with Crippen molar-refractivity contribution >= 4 is 34.7 Å². The first-order valence-corrected chi connectivity index (χ1v) is 6.44. The van der Waals surface area contributed by atoms with Gasteiger partial charge in [0, 0.05) is 34.2 Å². The smallest absolute Gasteiger partial charge is 0.269 e. The number of carbonyl (C=O) groups excluding carboxylic acids is 1. The molecule has 2 aromatic rings. The minimum absolute atomic E-state index is 0.00741. The van der Waals surface area contributed by atoms with Gasteiger partial charge in [0.1, 0.15) is 0 Å². The van der Waals surface area contributed by atoms with Crippen LogP contribution in [0.15, 0.2) is 42.5 Å². The lowest BCUT2D eigenvalue weighted by Crippen LogP contribution is -2.03. The van der Waals surface area contributed by atoms with Crippen molar-refractivity contribution in [3.8, 4) is 0 Å². The van der Waals surface area contributed by atoms with Crippen LogP contribution >= 0.6 is 23.2 Å². The predicted octanol–water partition coefficient (Wildman–Crippen LogP) is 4.33. The summed E-state index contributed by atoms with van der Waals surface area (Å²) in [7, 11) is 0. The Morgan fingerprint density at radius 3 is 2.10 bits per heavy atom. The van der Waals surface area contributed by atoms with Crippen LogP contribution in [0.1, 0.15) is 15.9 Å². The minimum atomic E-state index is -0.484. The second-order valence-electron chi connectivity index (χ2n) is 4.18. The third-order valence-corrected chi connectivity index (χ3v) is 3.13. The predicted molar refractivity (Wildman–Crippen MR) is 77.6 cm³/mol. The van der Waals surface area contributed by atoms with Gasteiger partial charge < -0.3 is 0 Å². The molecule has 0 atom stereocenters. The summed E-state index contributed by atoms with van der Waals surface area (Å²) in [4.78, 5) is 22.1. The monoisotopic (exact) mass is 309 g/mol. The Morgan fingerprint density at radius 1 is 1.05 bits per heavy atom. The Labute approximate surface area is 125 Å². The highest BCUT2D eigenvalue weighted by Gasteiger charge is 2.10. The molecule has 0 fully saturated rings. The highest BCUT2D eigenvalue weighted by Crippen LogP contribution is 2.21. The van der Waals surface area contributed by atoms with E-state index in [1.807, 2.05) is 0 Å². The van der Waals surface area contributed by atoms with E-state index >= 15 is 0 Å². The number of nitro benzene ring substituents is 1. The molecule has 0 aliphatic carbocycles. The molecule has 0 amide bonds. The maximum atomic E-state index is 12.1. The third-order valence-electron chi connectivity index (χ3n) is 2.70. The molecule has 0 aromatic heterocycles. The fourth-order valence-corrected chi connectivity index (χ4v) is 2.26. The number of nitro groups is 1. The number of Topliss-reactive ketones (excluding diaryl/α,β-unsaturated/α-hetero) is 1. The largest absolute Gasteiger partial charge is 0.294 e. The molecule has 0 aliphatic rings. The quantitative estimate of drug-likeness (QED) is 0.480. The van der Waals surface area contributed by atoms with Gasteiger partial charge in [-0.05, 0) is 23.8 Å². The van der Waals surface area contributed by atoms with Crippen LogP contribution in [0.4, 0.5) is 5.69 Å².